The standard InChI is InChI=1S/BO3.Co.Cu/c2-1(3)4;;/q-3;2*+2. The van der Waals surface area contributed by atoms with Gasteiger partial charge in [-0.05, 0) is 0 Å². The van der Waals surface area contributed by atoms with Gasteiger partial charge >= 0.3 is 33.8 Å². The molecular weight excluding hydrogens is 181 g/mol. The van der Waals surface area contributed by atoms with Crippen LogP contribution in [0.1, 0.15) is 0 Å². The summed E-state index contributed by atoms with van der Waals surface area (Å²) in [5.74, 6) is 0. The number of rotatable bonds is 0. The molecule has 0 spiro atoms. The normalized spacial score (nSPS) is 4.50. The van der Waals surface area contributed by atoms with E-state index in [1.54, 1.807) is 0 Å². The van der Waals surface area contributed by atoms with Crippen molar-refractivity contribution in [3.05, 3.63) is 0 Å². The molecule has 0 aliphatic carbocycles. The Morgan fingerprint density at radius 2 is 1.00 bits per heavy atom. The van der Waals surface area contributed by atoms with Crippen LogP contribution in [-0.2, 0) is 33.8 Å². The van der Waals surface area contributed by atoms with E-state index in [0.29, 0.717) is 0 Å². The Bertz CT molecular complexity index is 15.5. The monoisotopic (exact) mass is 181 g/mol. The molecule has 0 amide bonds. The Morgan fingerprint density at radius 3 is 1.00 bits per heavy atom. The van der Waals surface area contributed by atoms with Gasteiger partial charge < -0.3 is 15.1 Å². The molecule has 6 heavy (non-hydrogen) atoms. The van der Waals surface area contributed by atoms with E-state index >= 15 is 0 Å². The molecule has 0 aromatic rings. The minimum atomic E-state index is -2.92. The second kappa shape index (κ2) is 9.36. The van der Waals surface area contributed by atoms with E-state index in [1.165, 1.54) is 0 Å². The first-order chi connectivity index (χ1) is 1.73. The van der Waals surface area contributed by atoms with Crippen molar-refractivity contribution < 1.29 is 48.9 Å². The van der Waals surface area contributed by atoms with Crippen LogP contribution in [0.25, 0.3) is 0 Å². The van der Waals surface area contributed by atoms with Crippen molar-refractivity contribution in [3.8, 4) is 0 Å². The van der Waals surface area contributed by atoms with E-state index in [9.17, 15) is 0 Å². The van der Waals surface area contributed by atoms with Crippen LogP contribution in [0.4, 0.5) is 0 Å². The molecule has 0 bridgehead atoms. The van der Waals surface area contributed by atoms with E-state index in [0.717, 1.165) is 0 Å². The van der Waals surface area contributed by atoms with Crippen LogP contribution in [0, 0.1) is 0 Å². The zero-order valence-electron chi connectivity index (χ0n) is 2.44. The smallest absolute Gasteiger partial charge is 0.907 e. The van der Waals surface area contributed by atoms with Gasteiger partial charge in [0, 0.05) is 0 Å². The predicted molar refractivity (Wildman–Crippen MR) is 5.75 cm³/mol. The minimum absolute atomic E-state index is 0. The molecule has 0 aliphatic heterocycles. The first-order valence-electron chi connectivity index (χ1n) is 0.707. The quantitative estimate of drug-likeness (QED) is 0.358. The Kier molecular flexibility index (Phi) is 24.6. The summed E-state index contributed by atoms with van der Waals surface area (Å²) in [6.07, 6.45) is 0. The maximum Gasteiger partial charge on any atom is 2.00 e. The molecule has 0 rings (SSSR count). The SMILES string of the molecule is [Co+2].[Cu+2].[O-]B([O-])[O-]. The molecule has 0 unspecified atom stereocenters. The summed E-state index contributed by atoms with van der Waals surface area (Å²) in [5, 5.41) is 25.2. The third-order valence-electron chi connectivity index (χ3n) is 0. The number of hydrogen-bond acceptors (Lipinski definition) is 3. The molecule has 2 radical (unpaired) electrons. The summed E-state index contributed by atoms with van der Waals surface area (Å²) in [6.45, 7) is 0. The molecule has 0 saturated carbocycles. The average molecular weight is 181 g/mol. The maximum atomic E-state index is 8.42. The molecule has 0 fully saturated rings. The third-order valence-corrected chi connectivity index (χ3v) is 0. The van der Waals surface area contributed by atoms with Crippen LogP contribution < -0.4 is 15.1 Å². The van der Waals surface area contributed by atoms with Crippen LogP contribution >= 0.6 is 0 Å². The van der Waals surface area contributed by atoms with Gasteiger partial charge in [-0.3, -0.25) is 7.32 Å². The fourth-order valence-corrected chi connectivity index (χ4v) is 0. The van der Waals surface area contributed by atoms with Gasteiger partial charge in [0.1, 0.15) is 0 Å². The Hall–Kier alpha value is 0.971. The third kappa shape index (κ3) is 83.1. The molecule has 0 saturated heterocycles. The van der Waals surface area contributed by atoms with E-state index in [4.69, 9.17) is 15.1 Å². The number of hydrogen-bond donors (Lipinski definition) is 0. The van der Waals surface area contributed by atoms with Gasteiger partial charge in [-0.15, -0.1) is 0 Å². The van der Waals surface area contributed by atoms with Crippen molar-refractivity contribution in [2.75, 3.05) is 0 Å². The van der Waals surface area contributed by atoms with Gasteiger partial charge in [0.2, 0.25) is 0 Å². The molecule has 0 aromatic carbocycles. The topological polar surface area (TPSA) is 69.2 Å². The maximum absolute atomic E-state index is 8.42. The average Bonchev–Trinajstić information content (AvgIpc) is 0.811. The van der Waals surface area contributed by atoms with Crippen molar-refractivity contribution in [3.63, 3.8) is 0 Å². The van der Waals surface area contributed by atoms with Gasteiger partial charge in [-0.25, -0.2) is 0 Å². The van der Waals surface area contributed by atoms with Gasteiger partial charge in [0.25, 0.3) is 0 Å². The minimum Gasteiger partial charge on any atom is -0.907 e. The summed E-state index contributed by atoms with van der Waals surface area (Å²) in [4.78, 5) is 0. The molecule has 3 nitrogen and oxygen atoms in total. The van der Waals surface area contributed by atoms with Crippen LogP contribution in [-0.4, -0.2) is 7.32 Å². The molecule has 0 aliphatic rings. The second-order valence-corrected chi connectivity index (χ2v) is 0.289. The van der Waals surface area contributed by atoms with Crippen LogP contribution in [0.15, 0.2) is 0 Å². The van der Waals surface area contributed by atoms with E-state index < -0.39 is 7.32 Å². The summed E-state index contributed by atoms with van der Waals surface area (Å²) in [7, 11) is -2.92. The molecule has 40 valence electrons. The first kappa shape index (κ1) is 15.8. The molecule has 0 atom stereocenters. The van der Waals surface area contributed by atoms with Crippen LogP contribution in [0.3, 0.4) is 0 Å². The Morgan fingerprint density at radius 1 is 1.00 bits per heavy atom. The Balaban J connectivity index is -0.0000000450. The van der Waals surface area contributed by atoms with E-state index in [-0.39, 0.29) is 33.8 Å². The molecular formula is BCoCuO3+. The van der Waals surface area contributed by atoms with Crippen molar-refractivity contribution in [1.29, 1.82) is 0 Å². The fraction of sp³-hybridized carbons (Fsp3) is 0. The zero-order chi connectivity index (χ0) is 3.58. The zero-order valence-corrected chi connectivity index (χ0v) is 4.42. The second-order valence-electron chi connectivity index (χ2n) is 0.289. The summed E-state index contributed by atoms with van der Waals surface area (Å²) in [5.41, 5.74) is 0. The molecule has 6 heteroatoms. The van der Waals surface area contributed by atoms with Gasteiger partial charge in [0.05, 0.1) is 0 Å². The van der Waals surface area contributed by atoms with Crippen molar-refractivity contribution in [2.24, 2.45) is 0 Å². The van der Waals surface area contributed by atoms with Gasteiger partial charge in [0.15, 0.2) is 0 Å². The van der Waals surface area contributed by atoms with E-state index in [2.05, 4.69) is 0 Å². The van der Waals surface area contributed by atoms with Crippen molar-refractivity contribution in [2.45, 2.75) is 0 Å². The molecule has 0 aromatic heterocycles. The summed E-state index contributed by atoms with van der Waals surface area (Å²) in [6, 6.07) is 0. The van der Waals surface area contributed by atoms with E-state index in [1.807, 2.05) is 0 Å². The van der Waals surface area contributed by atoms with Gasteiger partial charge in [-0.1, -0.05) is 0 Å². The first-order valence-corrected chi connectivity index (χ1v) is 0.707. The fourth-order valence-electron chi connectivity index (χ4n) is 0. The molecule has 0 N–H and O–H groups in total. The summed E-state index contributed by atoms with van der Waals surface area (Å²) < 4.78 is 0. The van der Waals surface area contributed by atoms with Crippen LogP contribution in [0.2, 0.25) is 0 Å². The molecule has 0 heterocycles. The largest absolute Gasteiger partial charge is 2.00 e. The summed E-state index contributed by atoms with van der Waals surface area (Å²) >= 11 is 0. The van der Waals surface area contributed by atoms with Gasteiger partial charge in [-0.2, -0.15) is 0 Å². The van der Waals surface area contributed by atoms with Crippen molar-refractivity contribution >= 4 is 7.32 Å². The Labute approximate surface area is 56.6 Å². The van der Waals surface area contributed by atoms with Crippen LogP contribution in [0.5, 0.6) is 0 Å². The van der Waals surface area contributed by atoms with Crippen molar-refractivity contribution in [1.82, 2.24) is 0 Å². The predicted octanol–water partition coefficient (Wildman–Crippen LogP) is -3.95.